The van der Waals surface area contributed by atoms with Crippen molar-refractivity contribution in [2.45, 2.75) is 27.1 Å². The first kappa shape index (κ1) is 14.5. The van der Waals surface area contributed by atoms with E-state index in [0.717, 1.165) is 10.2 Å². The SMILES string of the molecule is CCOC(CNc1ccc(Br)c(C)c1)OCC. The van der Waals surface area contributed by atoms with E-state index in [1.807, 2.05) is 26.0 Å². The molecule has 0 atom stereocenters. The standard InChI is InChI=1S/C13H20BrNO2/c1-4-16-13(17-5-2)9-15-11-6-7-12(14)10(3)8-11/h6-8,13,15H,4-5,9H2,1-3H3. The number of rotatable bonds is 7. The monoisotopic (exact) mass is 301 g/mol. The Kier molecular flexibility index (Phi) is 6.55. The van der Waals surface area contributed by atoms with Gasteiger partial charge in [-0.3, -0.25) is 0 Å². The van der Waals surface area contributed by atoms with Gasteiger partial charge in [0.05, 0.1) is 6.54 Å². The van der Waals surface area contributed by atoms with Crippen molar-refractivity contribution in [1.82, 2.24) is 0 Å². The Bertz CT molecular complexity index is 338. The van der Waals surface area contributed by atoms with Crippen molar-refractivity contribution in [1.29, 1.82) is 0 Å². The highest BCUT2D eigenvalue weighted by atomic mass is 79.9. The van der Waals surface area contributed by atoms with Gasteiger partial charge in [0.15, 0.2) is 6.29 Å². The number of hydrogen-bond donors (Lipinski definition) is 1. The highest BCUT2D eigenvalue weighted by Crippen LogP contribution is 2.20. The molecule has 0 fully saturated rings. The van der Waals surface area contributed by atoms with Gasteiger partial charge in [-0.1, -0.05) is 15.9 Å². The van der Waals surface area contributed by atoms with Gasteiger partial charge in [0.1, 0.15) is 0 Å². The molecule has 0 spiro atoms. The minimum absolute atomic E-state index is 0.186. The molecule has 1 aromatic rings. The van der Waals surface area contributed by atoms with Gasteiger partial charge in [-0.25, -0.2) is 0 Å². The summed E-state index contributed by atoms with van der Waals surface area (Å²) in [6, 6.07) is 6.17. The van der Waals surface area contributed by atoms with E-state index in [2.05, 4.69) is 34.2 Å². The number of ether oxygens (including phenoxy) is 2. The largest absolute Gasteiger partial charge is 0.380 e. The molecule has 1 rings (SSSR count). The molecule has 4 heteroatoms. The Morgan fingerprint density at radius 1 is 1.24 bits per heavy atom. The number of benzene rings is 1. The van der Waals surface area contributed by atoms with Crippen molar-refractivity contribution in [2.24, 2.45) is 0 Å². The van der Waals surface area contributed by atoms with Crippen LogP contribution in [0.3, 0.4) is 0 Å². The minimum Gasteiger partial charge on any atom is -0.380 e. The first-order valence-corrected chi connectivity index (χ1v) is 6.69. The van der Waals surface area contributed by atoms with Gasteiger partial charge in [0.2, 0.25) is 0 Å². The van der Waals surface area contributed by atoms with Crippen molar-refractivity contribution in [3.8, 4) is 0 Å². The second-order valence-corrected chi connectivity index (χ2v) is 4.54. The number of halogens is 1. The Balaban J connectivity index is 2.49. The summed E-state index contributed by atoms with van der Waals surface area (Å²) in [5, 5.41) is 3.31. The molecule has 0 bridgehead atoms. The highest BCUT2D eigenvalue weighted by molar-refractivity contribution is 9.10. The molecule has 3 nitrogen and oxygen atoms in total. The van der Waals surface area contributed by atoms with E-state index in [1.54, 1.807) is 0 Å². The average molecular weight is 302 g/mol. The van der Waals surface area contributed by atoms with Crippen LogP contribution in [0, 0.1) is 6.92 Å². The first-order valence-electron chi connectivity index (χ1n) is 5.90. The topological polar surface area (TPSA) is 30.5 Å². The van der Waals surface area contributed by atoms with Gasteiger partial charge in [-0.15, -0.1) is 0 Å². The predicted octanol–water partition coefficient (Wildman–Crippen LogP) is 3.57. The zero-order chi connectivity index (χ0) is 12.7. The summed E-state index contributed by atoms with van der Waals surface area (Å²) in [6.07, 6.45) is -0.186. The molecular weight excluding hydrogens is 282 g/mol. The van der Waals surface area contributed by atoms with E-state index in [4.69, 9.17) is 9.47 Å². The zero-order valence-electron chi connectivity index (χ0n) is 10.6. The molecule has 17 heavy (non-hydrogen) atoms. The molecular formula is C13H20BrNO2. The van der Waals surface area contributed by atoms with Crippen LogP contribution in [0.4, 0.5) is 5.69 Å². The summed E-state index contributed by atoms with van der Waals surface area (Å²) in [4.78, 5) is 0. The highest BCUT2D eigenvalue weighted by Gasteiger charge is 2.07. The minimum atomic E-state index is -0.186. The number of nitrogens with one attached hydrogen (secondary N) is 1. The predicted molar refractivity (Wildman–Crippen MR) is 74.4 cm³/mol. The van der Waals surface area contributed by atoms with Gasteiger partial charge >= 0.3 is 0 Å². The maximum Gasteiger partial charge on any atom is 0.174 e. The van der Waals surface area contributed by atoms with Gasteiger partial charge < -0.3 is 14.8 Å². The number of anilines is 1. The maximum atomic E-state index is 5.46. The van der Waals surface area contributed by atoms with Crippen LogP contribution in [0.15, 0.2) is 22.7 Å². The second-order valence-electron chi connectivity index (χ2n) is 3.69. The van der Waals surface area contributed by atoms with Gasteiger partial charge in [0.25, 0.3) is 0 Å². The lowest BCUT2D eigenvalue weighted by molar-refractivity contribution is -0.126. The number of aryl methyl sites for hydroxylation is 1. The van der Waals surface area contributed by atoms with Crippen LogP contribution in [-0.4, -0.2) is 26.0 Å². The van der Waals surface area contributed by atoms with Crippen molar-refractivity contribution in [3.63, 3.8) is 0 Å². The Labute approximate surface area is 112 Å². The van der Waals surface area contributed by atoms with Gasteiger partial charge in [-0.05, 0) is 44.5 Å². The molecule has 0 aromatic heterocycles. The second kappa shape index (κ2) is 7.69. The molecule has 0 radical (unpaired) electrons. The molecule has 1 N–H and O–H groups in total. The van der Waals surface area contributed by atoms with Crippen LogP contribution >= 0.6 is 15.9 Å². The maximum absolute atomic E-state index is 5.46. The van der Waals surface area contributed by atoms with Crippen molar-refractivity contribution in [3.05, 3.63) is 28.2 Å². The fourth-order valence-electron chi connectivity index (χ4n) is 1.49. The molecule has 0 aliphatic carbocycles. The molecule has 0 amide bonds. The smallest absolute Gasteiger partial charge is 0.174 e. The molecule has 0 aliphatic rings. The first-order chi connectivity index (χ1) is 8.17. The quantitative estimate of drug-likeness (QED) is 0.781. The normalized spacial score (nSPS) is 10.9. The summed E-state index contributed by atoms with van der Waals surface area (Å²) >= 11 is 3.48. The van der Waals surface area contributed by atoms with E-state index < -0.39 is 0 Å². The summed E-state index contributed by atoms with van der Waals surface area (Å²) in [5.41, 5.74) is 2.29. The van der Waals surface area contributed by atoms with Crippen LogP contribution in [0.2, 0.25) is 0 Å². The molecule has 0 unspecified atom stereocenters. The molecule has 0 saturated heterocycles. The lowest BCUT2D eigenvalue weighted by Crippen LogP contribution is -2.26. The molecule has 1 aromatic carbocycles. The average Bonchev–Trinajstić information content (AvgIpc) is 2.31. The van der Waals surface area contributed by atoms with E-state index >= 15 is 0 Å². The van der Waals surface area contributed by atoms with Gasteiger partial charge in [-0.2, -0.15) is 0 Å². The molecule has 96 valence electrons. The van der Waals surface area contributed by atoms with Crippen LogP contribution in [0.25, 0.3) is 0 Å². The van der Waals surface area contributed by atoms with Crippen LogP contribution in [0.5, 0.6) is 0 Å². The van der Waals surface area contributed by atoms with E-state index in [1.165, 1.54) is 5.56 Å². The van der Waals surface area contributed by atoms with Crippen molar-refractivity contribution < 1.29 is 9.47 Å². The van der Waals surface area contributed by atoms with Crippen molar-refractivity contribution >= 4 is 21.6 Å². The van der Waals surface area contributed by atoms with Crippen molar-refractivity contribution in [2.75, 3.05) is 25.1 Å². The lowest BCUT2D eigenvalue weighted by Gasteiger charge is -2.18. The lowest BCUT2D eigenvalue weighted by atomic mass is 10.2. The summed E-state index contributed by atoms with van der Waals surface area (Å²) < 4.78 is 12.0. The van der Waals surface area contributed by atoms with Crippen LogP contribution in [-0.2, 0) is 9.47 Å². The molecule has 0 aliphatic heterocycles. The Hall–Kier alpha value is -0.580. The summed E-state index contributed by atoms with van der Waals surface area (Å²) in [6.45, 7) is 7.98. The van der Waals surface area contributed by atoms with Crippen LogP contribution in [0.1, 0.15) is 19.4 Å². The van der Waals surface area contributed by atoms with E-state index in [-0.39, 0.29) is 6.29 Å². The molecule has 0 saturated carbocycles. The van der Waals surface area contributed by atoms with E-state index in [9.17, 15) is 0 Å². The zero-order valence-corrected chi connectivity index (χ0v) is 12.2. The summed E-state index contributed by atoms with van der Waals surface area (Å²) in [5.74, 6) is 0. The third kappa shape index (κ3) is 5.06. The Morgan fingerprint density at radius 2 is 1.88 bits per heavy atom. The third-order valence-corrected chi connectivity index (χ3v) is 3.23. The van der Waals surface area contributed by atoms with Gasteiger partial charge in [0, 0.05) is 23.4 Å². The Morgan fingerprint density at radius 3 is 2.41 bits per heavy atom. The number of hydrogen-bond acceptors (Lipinski definition) is 3. The summed E-state index contributed by atoms with van der Waals surface area (Å²) in [7, 11) is 0. The fraction of sp³-hybridized carbons (Fsp3) is 0.538. The molecule has 0 heterocycles. The van der Waals surface area contributed by atoms with Crippen LogP contribution < -0.4 is 5.32 Å². The van der Waals surface area contributed by atoms with E-state index in [0.29, 0.717) is 19.8 Å². The fourth-order valence-corrected chi connectivity index (χ4v) is 1.74. The third-order valence-electron chi connectivity index (χ3n) is 2.34.